The summed E-state index contributed by atoms with van der Waals surface area (Å²) in [5.74, 6) is -1.14. The number of aliphatic hydroxyl groups is 1. The fourth-order valence-corrected chi connectivity index (χ4v) is 5.09. The summed E-state index contributed by atoms with van der Waals surface area (Å²) < 4.78 is 42.2. The molecule has 2 aliphatic heterocycles. The largest absolute Gasteiger partial charge is 0.416 e. The maximum absolute atomic E-state index is 14.1. The van der Waals surface area contributed by atoms with Crippen molar-refractivity contribution < 1.29 is 27.9 Å². The van der Waals surface area contributed by atoms with Crippen LogP contribution in [0.25, 0.3) is 0 Å². The second kappa shape index (κ2) is 9.33. The number of carbonyl (C=O) groups is 2. The van der Waals surface area contributed by atoms with Gasteiger partial charge in [-0.3, -0.25) is 14.7 Å². The van der Waals surface area contributed by atoms with Gasteiger partial charge in [-0.25, -0.2) is 0 Å². The lowest BCUT2D eigenvalue weighted by Gasteiger charge is -2.19. The molecule has 10 heteroatoms. The number of nitrogens with one attached hydrogen (secondary N) is 1. The third kappa shape index (κ3) is 4.73. The molecule has 2 atom stereocenters. The summed E-state index contributed by atoms with van der Waals surface area (Å²) >= 11 is 0. The maximum atomic E-state index is 14.1. The van der Waals surface area contributed by atoms with Gasteiger partial charge in [0.2, 0.25) is 0 Å². The Morgan fingerprint density at radius 3 is 2.70 bits per heavy atom. The summed E-state index contributed by atoms with van der Waals surface area (Å²) in [6, 6.07) is 9.31. The van der Waals surface area contributed by atoms with E-state index in [0.717, 1.165) is 22.9 Å². The van der Waals surface area contributed by atoms with Crippen molar-refractivity contribution in [3.8, 4) is 0 Å². The van der Waals surface area contributed by atoms with Gasteiger partial charge in [0.25, 0.3) is 11.8 Å². The minimum absolute atomic E-state index is 0.0557. The first kappa shape index (κ1) is 25.0. The molecule has 0 bridgehead atoms. The van der Waals surface area contributed by atoms with Gasteiger partial charge < -0.3 is 14.9 Å². The summed E-state index contributed by atoms with van der Waals surface area (Å²) in [7, 11) is 0. The Morgan fingerprint density at radius 2 is 2.05 bits per heavy atom. The van der Waals surface area contributed by atoms with E-state index in [1.165, 1.54) is 15.9 Å². The normalized spacial score (nSPS) is 18.4. The SMILES string of the molecule is Cc1c[nH]nc1C[C@@H](C)c1cccc(N2Cc3c(cc(C(=O)N4CC[C@H](O)C4)cc3C(F)(F)F)C2=O)c1. The molecule has 0 saturated carbocycles. The van der Waals surface area contributed by atoms with Crippen molar-refractivity contribution in [2.45, 2.75) is 51.4 Å². The fourth-order valence-electron chi connectivity index (χ4n) is 5.09. The van der Waals surface area contributed by atoms with Crippen molar-refractivity contribution in [2.24, 2.45) is 0 Å². The zero-order valence-corrected chi connectivity index (χ0v) is 20.5. The molecule has 0 radical (unpaired) electrons. The highest BCUT2D eigenvalue weighted by molar-refractivity contribution is 6.11. The van der Waals surface area contributed by atoms with Crippen LogP contribution in [0.2, 0.25) is 0 Å². The predicted molar refractivity (Wildman–Crippen MR) is 130 cm³/mol. The Balaban J connectivity index is 1.46. The number of aromatic nitrogens is 2. The topological polar surface area (TPSA) is 89.5 Å². The minimum Gasteiger partial charge on any atom is -0.391 e. The second-order valence-corrected chi connectivity index (χ2v) is 9.85. The number of anilines is 1. The summed E-state index contributed by atoms with van der Waals surface area (Å²) in [4.78, 5) is 28.9. The van der Waals surface area contributed by atoms with Crippen LogP contribution >= 0.6 is 0 Å². The lowest BCUT2D eigenvalue weighted by atomic mass is 9.94. The van der Waals surface area contributed by atoms with Crippen LogP contribution < -0.4 is 4.90 Å². The van der Waals surface area contributed by atoms with Crippen LogP contribution in [0.1, 0.15) is 67.9 Å². The second-order valence-electron chi connectivity index (χ2n) is 9.85. The molecule has 194 valence electrons. The van der Waals surface area contributed by atoms with Crippen LogP contribution in [0.15, 0.2) is 42.6 Å². The third-order valence-electron chi connectivity index (χ3n) is 7.23. The zero-order valence-electron chi connectivity index (χ0n) is 20.5. The molecular weight excluding hydrogens is 485 g/mol. The number of hydrogen-bond acceptors (Lipinski definition) is 4. The number of alkyl halides is 3. The number of aromatic amines is 1. The smallest absolute Gasteiger partial charge is 0.391 e. The molecule has 3 heterocycles. The zero-order chi connectivity index (χ0) is 26.5. The van der Waals surface area contributed by atoms with E-state index in [1.54, 1.807) is 12.1 Å². The van der Waals surface area contributed by atoms with Crippen LogP contribution in [0.4, 0.5) is 18.9 Å². The maximum Gasteiger partial charge on any atom is 0.416 e. The molecule has 5 rings (SSSR count). The van der Waals surface area contributed by atoms with Crippen LogP contribution in [-0.4, -0.2) is 51.2 Å². The van der Waals surface area contributed by atoms with Gasteiger partial charge in [0.15, 0.2) is 0 Å². The molecular formula is C27H27F3N4O3. The average Bonchev–Trinajstić information content (AvgIpc) is 3.56. The molecule has 0 aliphatic carbocycles. The van der Waals surface area contributed by atoms with Crippen molar-refractivity contribution in [1.82, 2.24) is 15.1 Å². The van der Waals surface area contributed by atoms with E-state index in [2.05, 4.69) is 10.2 Å². The Labute approximate surface area is 211 Å². The number of hydrogen-bond donors (Lipinski definition) is 2. The quantitative estimate of drug-likeness (QED) is 0.529. The van der Waals surface area contributed by atoms with Crippen molar-refractivity contribution in [3.05, 3.63) is 81.7 Å². The predicted octanol–water partition coefficient (Wildman–Crippen LogP) is 4.45. The first-order chi connectivity index (χ1) is 17.5. The Bertz CT molecular complexity index is 1370. The molecule has 2 aliphatic rings. The number of aryl methyl sites for hydroxylation is 1. The molecule has 7 nitrogen and oxygen atoms in total. The van der Waals surface area contributed by atoms with Gasteiger partial charge in [-0.15, -0.1) is 0 Å². The van der Waals surface area contributed by atoms with Crippen LogP contribution in [0.3, 0.4) is 0 Å². The molecule has 37 heavy (non-hydrogen) atoms. The van der Waals surface area contributed by atoms with Gasteiger partial charge in [0, 0.05) is 36.1 Å². The lowest BCUT2D eigenvalue weighted by molar-refractivity contribution is -0.138. The highest BCUT2D eigenvalue weighted by atomic mass is 19.4. The highest BCUT2D eigenvalue weighted by Crippen LogP contribution is 2.40. The van der Waals surface area contributed by atoms with E-state index in [-0.39, 0.29) is 42.2 Å². The molecule has 3 aromatic rings. The van der Waals surface area contributed by atoms with Gasteiger partial charge in [0.05, 0.1) is 23.9 Å². The van der Waals surface area contributed by atoms with Crippen LogP contribution in [-0.2, 0) is 19.1 Å². The van der Waals surface area contributed by atoms with Crippen molar-refractivity contribution in [3.63, 3.8) is 0 Å². The number of aliphatic hydroxyl groups excluding tert-OH is 1. The van der Waals surface area contributed by atoms with Gasteiger partial charge >= 0.3 is 6.18 Å². The molecule has 1 saturated heterocycles. The number of β-amino-alcohol motifs (C(OH)–C–C–N with tert-alkyl or cyclic N) is 1. The van der Waals surface area contributed by atoms with E-state index in [9.17, 15) is 27.9 Å². The van der Waals surface area contributed by atoms with Gasteiger partial charge in [-0.1, -0.05) is 19.1 Å². The summed E-state index contributed by atoms with van der Waals surface area (Å²) in [5.41, 5.74) is 1.96. The van der Waals surface area contributed by atoms with E-state index in [1.807, 2.05) is 32.2 Å². The van der Waals surface area contributed by atoms with E-state index >= 15 is 0 Å². The Morgan fingerprint density at radius 1 is 1.27 bits per heavy atom. The number of carbonyl (C=O) groups excluding carboxylic acids is 2. The average molecular weight is 513 g/mol. The lowest BCUT2D eigenvalue weighted by Crippen LogP contribution is -2.30. The van der Waals surface area contributed by atoms with Gasteiger partial charge in [-0.05, 0) is 66.6 Å². The number of likely N-dealkylation sites (tertiary alicyclic amines) is 1. The molecule has 0 spiro atoms. The molecule has 1 fully saturated rings. The molecule has 2 N–H and O–H groups in total. The van der Waals surface area contributed by atoms with Gasteiger partial charge in [0.1, 0.15) is 0 Å². The standard InChI is InChI=1S/C27H27F3N4O3/c1-15(8-24-16(2)12-31-32-24)17-4-3-5-19(9-17)34-14-22-21(26(34)37)10-18(11-23(22)27(28,29)30)25(36)33-7-6-20(35)13-33/h3-5,9-12,15,20,35H,6-8,13-14H2,1-2H3,(H,31,32)/t15-,20+/m1/s1. The number of benzene rings is 2. The first-order valence-corrected chi connectivity index (χ1v) is 12.2. The van der Waals surface area contributed by atoms with Gasteiger partial charge in [-0.2, -0.15) is 18.3 Å². The Kier molecular flexibility index (Phi) is 6.31. The van der Waals surface area contributed by atoms with E-state index in [4.69, 9.17) is 0 Å². The van der Waals surface area contributed by atoms with Crippen LogP contribution in [0.5, 0.6) is 0 Å². The van der Waals surface area contributed by atoms with Crippen molar-refractivity contribution in [1.29, 1.82) is 0 Å². The van der Waals surface area contributed by atoms with Crippen molar-refractivity contribution >= 4 is 17.5 Å². The molecule has 2 aromatic carbocycles. The monoisotopic (exact) mass is 512 g/mol. The number of fused-ring (bicyclic) bond motifs is 1. The summed E-state index contributed by atoms with van der Waals surface area (Å²) in [6.45, 7) is 4.06. The molecule has 0 unspecified atom stereocenters. The Hall–Kier alpha value is -3.66. The number of amides is 2. The van der Waals surface area contributed by atoms with E-state index in [0.29, 0.717) is 18.5 Å². The summed E-state index contributed by atoms with van der Waals surface area (Å²) in [5, 5.41) is 16.9. The first-order valence-electron chi connectivity index (χ1n) is 12.2. The number of H-pyrrole nitrogens is 1. The minimum atomic E-state index is -4.74. The highest BCUT2D eigenvalue weighted by Gasteiger charge is 2.41. The summed E-state index contributed by atoms with van der Waals surface area (Å²) in [6.07, 6.45) is -2.59. The number of rotatable bonds is 5. The molecule has 2 amide bonds. The number of halogens is 3. The van der Waals surface area contributed by atoms with Crippen LogP contribution in [0, 0.1) is 6.92 Å². The van der Waals surface area contributed by atoms with Crippen molar-refractivity contribution in [2.75, 3.05) is 18.0 Å². The number of nitrogens with zero attached hydrogens (tertiary/aromatic N) is 3. The molecule has 1 aromatic heterocycles. The fraction of sp³-hybridized carbons (Fsp3) is 0.370. The third-order valence-corrected chi connectivity index (χ3v) is 7.23. The van der Waals surface area contributed by atoms with E-state index < -0.39 is 29.7 Å².